The van der Waals surface area contributed by atoms with Crippen LogP contribution in [0.1, 0.15) is 15.1 Å². The number of aromatic nitrogens is 2. The van der Waals surface area contributed by atoms with Gasteiger partial charge in [0.15, 0.2) is 0 Å². The molecule has 0 amide bonds. The maximum Gasteiger partial charge on any atom is 0.0972 e. The van der Waals surface area contributed by atoms with Crippen LogP contribution in [0.25, 0.3) is 98.1 Å². The second kappa shape index (κ2) is 9.69. The topological polar surface area (TPSA) is 25.8 Å². The molecular weight excluding hydrogens is 556 g/mol. The molecule has 46 heavy (non-hydrogen) atoms. The molecule has 0 aliphatic carbocycles. The van der Waals surface area contributed by atoms with Crippen molar-refractivity contribution in [3.8, 4) is 22.4 Å². The molecule has 212 valence electrons. The Morgan fingerprint density at radius 1 is 0.413 bits per heavy atom. The molecule has 8 aromatic carbocycles. The molecule has 10 rings (SSSR count). The van der Waals surface area contributed by atoms with Crippen LogP contribution < -0.4 is 0 Å². The summed E-state index contributed by atoms with van der Waals surface area (Å²) in [5.41, 5.74) is 3.50. The Bertz CT molecular complexity index is 3390. The molecule has 2 heterocycles. The normalized spacial score (nSPS) is 15.3. The van der Waals surface area contributed by atoms with Crippen LogP contribution in [-0.2, 0) is 0 Å². The number of pyridine rings is 2. The highest BCUT2D eigenvalue weighted by Gasteiger charge is 2.19. The van der Waals surface area contributed by atoms with Gasteiger partial charge in [-0.3, -0.25) is 4.98 Å². The smallest absolute Gasteiger partial charge is 0.0972 e. The summed E-state index contributed by atoms with van der Waals surface area (Å²) in [4.78, 5) is 9.84. The highest BCUT2D eigenvalue weighted by Crippen LogP contribution is 2.45. The second-order valence-corrected chi connectivity index (χ2v) is 11.3. The zero-order valence-electron chi connectivity index (χ0n) is 35.1. The van der Waals surface area contributed by atoms with Gasteiger partial charge in [0, 0.05) is 22.5 Å². The van der Waals surface area contributed by atoms with Crippen LogP contribution in [0.15, 0.2) is 158 Å². The third kappa shape index (κ3) is 3.59. The van der Waals surface area contributed by atoms with Crippen molar-refractivity contribution in [3.05, 3.63) is 158 Å². The molecule has 0 saturated carbocycles. The van der Waals surface area contributed by atoms with E-state index in [-0.39, 0.29) is 50.0 Å². The van der Waals surface area contributed by atoms with E-state index in [1.54, 1.807) is 6.20 Å². The van der Waals surface area contributed by atoms with Gasteiger partial charge in [-0.1, -0.05) is 133 Å². The number of fused-ring (bicyclic) bond motifs is 11. The molecule has 0 saturated heterocycles. The lowest BCUT2D eigenvalue weighted by molar-refractivity contribution is 1.38. The van der Waals surface area contributed by atoms with Gasteiger partial charge in [-0.25, -0.2) is 4.98 Å². The van der Waals surface area contributed by atoms with E-state index in [9.17, 15) is 4.11 Å². The fraction of sp³-hybridized carbons (Fsp3) is 0. The molecule has 0 unspecified atom stereocenters. The molecule has 2 heteroatoms. The number of nitrogens with zero attached hydrogens (tertiary/aromatic N) is 2. The van der Waals surface area contributed by atoms with Crippen molar-refractivity contribution in [1.82, 2.24) is 9.97 Å². The molecule has 0 N–H and O–H groups in total. The third-order valence-corrected chi connectivity index (χ3v) is 8.81. The van der Waals surface area contributed by atoms with E-state index in [4.69, 9.17) is 16.0 Å². The van der Waals surface area contributed by atoms with Crippen molar-refractivity contribution in [1.29, 1.82) is 0 Å². The first-order chi connectivity index (χ1) is 27.4. The van der Waals surface area contributed by atoms with Crippen molar-refractivity contribution in [2.24, 2.45) is 0 Å². The molecule has 2 nitrogen and oxygen atoms in total. The molecule has 2 aromatic heterocycles. The molecule has 0 bridgehead atoms. The van der Waals surface area contributed by atoms with Crippen molar-refractivity contribution < 1.29 is 15.1 Å². The molecule has 0 spiro atoms. The molecule has 0 radical (unpaired) electrons. The largest absolute Gasteiger partial charge is 0.254 e. The minimum absolute atomic E-state index is 0.0435. The van der Waals surface area contributed by atoms with Crippen molar-refractivity contribution in [2.45, 2.75) is 0 Å². The van der Waals surface area contributed by atoms with Gasteiger partial charge < -0.3 is 0 Å². The van der Waals surface area contributed by atoms with Crippen LogP contribution in [0.3, 0.4) is 0 Å². The van der Waals surface area contributed by atoms with Gasteiger partial charge in [-0.15, -0.1) is 0 Å². The summed E-state index contributed by atoms with van der Waals surface area (Å²) in [5.74, 6) is 0. The zero-order chi connectivity index (χ0) is 39.8. The average Bonchev–Trinajstić information content (AvgIpc) is 3.23. The van der Waals surface area contributed by atoms with Gasteiger partial charge >= 0.3 is 0 Å². The SMILES string of the molecule is [2H]c1c([2H])c([2H])c2c(c1[2H])c1c([2H])c([2H])c([2H])c([2H])c1c1c([2H])c(-c3c4ccccc4c(-c4ccc5ccc6cccnc6c5n4)c4ccccc34)c([2H])c([2H])c21. The van der Waals surface area contributed by atoms with Gasteiger partial charge in [0.2, 0.25) is 0 Å². The van der Waals surface area contributed by atoms with Gasteiger partial charge in [0.05, 0.1) is 31.8 Å². The molecule has 0 aliphatic heterocycles. The Labute approximate surface area is 280 Å². The monoisotopic (exact) mass is 593 g/mol. The summed E-state index contributed by atoms with van der Waals surface area (Å²) in [7, 11) is 0. The van der Waals surface area contributed by atoms with Crippen LogP contribution in [0, 0.1) is 0 Å². The Kier molecular flexibility index (Phi) is 3.54. The van der Waals surface area contributed by atoms with Crippen LogP contribution in [-0.4, -0.2) is 9.97 Å². The average molecular weight is 594 g/mol. The summed E-state index contributed by atoms with van der Waals surface area (Å²) < 4.78 is 99.1. The summed E-state index contributed by atoms with van der Waals surface area (Å²) in [5, 5.41) is 3.75. The highest BCUT2D eigenvalue weighted by atomic mass is 14.8. The lowest BCUT2D eigenvalue weighted by Crippen LogP contribution is -1.94. The van der Waals surface area contributed by atoms with Gasteiger partial charge in [0.25, 0.3) is 0 Å². The van der Waals surface area contributed by atoms with Gasteiger partial charge in [0.1, 0.15) is 0 Å². The number of benzene rings is 8. The van der Waals surface area contributed by atoms with Crippen LogP contribution in [0.4, 0.5) is 0 Å². The summed E-state index contributed by atoms with van der Waals surface area (Å²) in [6, 6.07) is 21.4. The van der Waals surface area contributed by atoms with Crippen molar-refractivity contribution in [3.63, 3.8) is 0 Å². The fourth-order valence-electron chi connectivity index (χ4n) is 6.82. The Morgan fingerprint density at radius 2 is 0.935 bits per heavy atom. The summed E-state index contributed by atoms with van der Waals surface area (Å²) >= 11 is 0. The predicted octanol–water partition coefficient (Wildman–Crippen LogP) is 11.9. The Hall–Kier alpha value is -6.12. The van der Waals surface area contributed by atoms with E-state index in [0.717, 1.165) is 38.1 Å². The minimum atomic E-state index is -0.607. The van der Waals surface area contributed by atoms with Crippen molar-refractivity contribution in [2.75, 3.05) is 0 Å². The maximum atomic E-state index is 9.95. The lowest BCUT2D eigenvalue weighted by Gasteiger charge is -2.18. The van der Waals surface area contributed by atoms with Crippen molar-refractivity contribution >= 4 is 75.7 Å². The molecule has 0 atom stereocenters. The molecule has 0 fully saturated rings. The Balaban J connectivity index is 1.41. The number of hydrogen-bond acceptors (Lipinski definition) is 2. The first-order valence-corrected chi connectivity index (χ1v) is 14.9. The van der Waals surface area contributed by atoms with E-state index < -0.39 is 54.4 Å². The number of rotatable bonds is 2. The van der Waals surface area contributed by atoms with E-state index in [2.05, 4.69) is 4.98 Å². The summed E-state index contributed by atoms with van der Waals surface area (Å²) in [6.07, 6.45) is 1.74. The van der Waals surface area contributed by atoms with Gasteiger partial charge in [-0.2, -0.15) is 0 Å². The zero-order valence-corrected chi connectivity index (χ0v) is 24.1. The van der Waals surface area contributed by atoms with E-state index in [1.807, 2.05) is 84.9 Å². The maximum absolute atomic E-state index is 9.95. The predicted molar refractivity (Wildman–Crippen MR) is 195 cm³/mol. The second-order valence-electron chi connectivity index (χ2n) is 11.3. The van der Waals surface area contributed by atoms with Crippen LogP contribution in [0.2, 0.25) is 0 Å². The van der Waals surface area contributed by atoms with E-state index in [0.29, 0.717) is 22.0 Å². The number of hydrogen-bond donors (Lipinski definition) is 0. The van der Waals surface area contributed by atoms with Gasteiger partial charge in [-0.05, 0) is 83.2 Å². The quantitative estimate of drug-likeness (QED) is 0.147. The molecule has 0 aliphatic rings. The van der Waals surface area contributed by atoms with Crippen LogP contribution >= 0.6 is 0 Å². The summed E-state index contributed by atoms with van der Waals surface area (Å²) in [6.45, 7) is 0. The first-order valence-electron chi connectivity index (χ1n) is 20.4. The highest BCUT2D eigenvalue weighted by molar-refractivity contribution is 6.27. The first kappa shape index (κ1) is 16.8. The van der Waals surface area contributed by atoms with E-state index >= 15 is 0 Å². The Morgan fingerprint density at radius 3 is 1.57 bits per heavy atom. The van der Waals surface area contributed by atoms with E-state index in [1.165, 1.54) is 0 Å². The fourth-order valence-corrected chi connectivity index (χ4v) is 6.82. The molecular formula is C44H26N2. The lowest BCUT2D eigenvalue weighted by atomic mass is 9.85. The third-order valence-electron chi connectivity index (χ3n) is 8.81. The van der Waals surface area contributed by atoms with Crippen LogP contribution in [0.5, 0.6) is 0 Å². The standard InChI is InChI=1S/C44H26N2/c1-2-13-32-30(11-1)31-12-3-4-14-33(31)39-26-29(21-23-34(32)39)41-35-15-5-7-17-37(35)42(38-18-8-6-16-36(38)41)40-24-22-28-20-19-27-10-9-25-45-43(27)44(28)46-40/h1-26H/i1D,2D,3D,4D,11D,12D,13D,14D,21D,23D,26D. The molecule has 10 aromatic rings. The minimum Gasteiger partial charge on any atom is -0.254 e.